The number of aromatic nitrogens is 3. The summed E-state index contributed by atoms with van der Waals surface area (Å²) in [6.45, 7) is 4.31. The summed E-state index contributed by atoms with van der Waals surface area (Å²) in [5.74, 6) is 2.47. The first-order valence-corrected chi connectivity index (χ1v) is 6.18. The van der Waals surface area contributed by atoms with E-state index in [2.05, 4.69) is 24.2 Å². The minimum atomic E-state index is 0.223. The Labute approximate surface area is 94.4 Å². The van der Waals surface area contributed by atoms with Crippen molar-refractivity contribution in [1.29, 1.82) is 0 Å². The molecule has 1 aromatic rings. The maximum Gasteiger partial charge on any atom is 0.148 e. The van der Waals surface area contributed by atoms with E-state index in [1.165, 1.54) is 0 Å². The Morgan fingerprint density at radius 3 is 2.87 bits per heavy atom. The first-order chi connectivity index (χ1) is 7.08. The predicted molar refractivity (Wildman–Crippen MR) is 61.9 cm³/mol. The first kappa shape index (κ1) is 12.2. The molecule has 0 aromatic carbocycles. The van der Waals surface area contributed by atoms with Gasteiger partial charge in [0.15, 0.2) is 0 Å². The normalized spacial score (nSPS) is 10.9. The molecular weight excluding hydrogens is 210 g/mol. The topological polar surface area (TPSA) is 47.8 Å². The Kier molecular flexibility index (Phi) is 4.81. The van der Waals surface area contributed by atoms with Gasteiger partial charge in [0.05, 0.1) is 17.9 Å². The number of Topliss-reactive ketones (excluding diaryl/α,β-unsaturated/α-hetero) is 1. The smallest absolute Gasteiger partial charge is 0.148 e. The van der Waals surface area contributed by atoms with E-state index < -0.39 is 0 Å². The van der Waals surface area contributed by atoms with E-state index in [-0.39, 0.29) is 5.78 Å². The Hall–Kier alpha value is -0.840. The fourth-order valence-electron chi connectivity index (χ4n) is 1.14. The second-order valence-corrected chi connectivity index (χ2v) is 5.04. The van der Waals surface area contributed by atoms with Crippen LogP contribution in [-0.2, 0) is 18.3 Å². The molecule has 0 bridgehead atoms. The molecule has 15 heavy (non-hydrogen) atoms. The Morgan fingerprint density at radius 1 is 1.60 bits per heavy atom. The summed E-state index contributed by atoms with van der Waals surface area (Å²) in [5, 5.41) is 7.67. The maximum absolute atomic E-state index is 11.5. The summed E-state index contributed by atoms with van der Waals surface area (Å²) >= 11 is 1.69. The van der Waals surface area contributed by atoms with Crippen LogP contribution < -0.4 is 0 Å². The molecule has 0 unspecified atom stereocenters. The van der Waals surface area contributed by atoms with Crippen molar-refractivity contribution in [2.24, 2.45) is 13.0 Å². The van der Waals surface area contributed by atoms with Gasteiger partial charge in [-0.2, -0.15) is 11.8 Å². The molecule has 0 aliphatic rings. The van der Waals surface area contributed by atoms with Crippen molar-refractivity contribution >= 4 is 17.5 Å². The Bertz CT molecular complexity index is 322. The lowest BCUT2D eigenvalue weighted by molar-refractivity contribution is -0.116. The van der Waals surface area contributed by atoms with Crippen LogP contribution in [0.25, 0.3) is 0 Å². The highest BCUT2D eigenvalue weighted by atomic mass is 32.2. The maximum atomic E-state index is 11.5. The summed E-state index contributed by atoms with van der Waals surface area (Å²) in [7, 11) is 1.80. The number of aryl methyl sites for hydroxylation is 1. The van der Waals surface area contributed by atoms with Crippen molar-refractivity contribution in [2.75, 3.05) is 11.5 Å². The van der Waals surface area contributed by atoms with Crippen LogP contribution >= 0.6 is 11.8 Å². The third kappa shape index (κ3) is 4.97. The summed E-state index contributed by atoms with van der Waals surface area (Å²) in [5.41, 5.74) is 0.757. The zero-order valence-electron chi connectivity index (χ0n) is 9.43. The minimum absolute atomic E-state index is 0.223. The standard InChI is InChI=1S/C10H17N3OS/c1-8(2)6-15-7-10(14)4-9-5-13(3)12-11-9/h5,8H,4,6-7H2,1-3H3. The lowest BCUT2D eigenvalue weighted by Gasteiger charge is -2.02. The Balaban J connectivity index is 2.24. The number of carbonyl (C=O) groups excluding carboxylic acids is 1. The molecule has 1 aromatic heterocycles. The molecule has 1 rings (SSSR count). The van der Waals surface area contributed by atoms with E-state index in [0.717, 1.165) is 11.4 Å². The van der Waals surface area contributed by atoms with Crippen LogP contribution in [0.1, 0.15) is 19.5 Å². The molecule has 0 spiro atoms. The number of hydrogen-bond acceptors (Lipinski definition) is 4. The molecule has 0 radical (unpaired) electrons. The van der Waals surface area contributed by atoms with Gasteiger partial charge < -0.3 is 0 Å². The lowest BCUT2D eigenvalue weighted by Crippen LogP contribution is -2.07. The zero-order valence-corrected chi connectivity index (χ0v) is 10.3. The van der Waals surface area contributed by atoms with Crippen molar-refractivity contribution in [2.45, 2.75) is 20.3 Å². The summed E-state index contributed by atoms with van der Waals surface area (Å²) in [4.78, 5) is 11.5. The lowest BCUT2D eigenvalue weighted by atomic mass is 10.2. The van der Waals surface area contributed by atoms with Gasteiger partial charge in [-0.3, -0.25) is 9.48 Å². The molecule has 0 aliphatic heterocycles. The third-order valence-electron chi connectivity index (χ3n) is 1.74. The van der Waals surface area contributed by atoms with Gasteiger partial charge in [0, 0.05) is 13.2 Å². The summed E-state index contributed by atoms with van der Waals surface area (Å²) in [6.07, 6.45) is 2.18. The molecule has 4 nitrogen and oxygen atoms in total. The number of hydrogen-bond donors (Lipinski definition) is 0. The minimum Gasteiger partial charge on any atom is -0.298 e. The van der Waals surface area contributed by atoms with Gasteiger partial charge >= 0.3 is 0 Å². The van der Waals surface area contributed by atoms with Crippen molar-refractivity contribution < 1.29 is 4.79 Å². The number of nitrogens with zero attached hydrogens (tertiary/aromatic N) is 3. The predicted octanol–water partition coefficient (Wildman–Crippen LogP) is 1.32. The van der Waals surface area contributed by atoms with E-state index in [0.29, 0.717) is 18.1 Å². The fourth-order valence-corrected chi connectivity index (χ4v) is 2.06. The SMILES string of the molecule is CC(C)CSCC(=O)Cc1cn(C)nn1. The Morgan fingerprint density at radius 2 is 2.33 bits per heavy atom. The molecular formula is C10H17N3OS. The van der Waals surface area contributed by atoms with Gasteiger partial charge in [0.2, 0.25) is 0 Å². The number of rotatable bonds is 6. The van der Waals surface area contributed by atoms with Crippen LogP contribution in [0.2, 0.25) is 0 Å². The van der Waals surface area contributed by atoms with Crippen LogP contribution in [-0.4, -0.2) is 32.3 Å². The number of thioether (sulfide) groups is 1. The van der Waals surface area contributed by atoms with Gasteiger partial charge in [0.1, 0.15) is 5.78 Å². The average Bonchev–Trinajstić information content (AvgIpc) is 2.50. The second kappa shape index (κ2) is 5.90. The summed E-state index contributed by atoms with van der Waals surface area (Å²) in [6, 6.07) is 0. The van der Waals surface area contributed by atoms with Crippen LogP contribution in [0.3, 0.4) is 0 Å². The molecule has 1 heterocycles. The van der Waals surface area contributed by atoms with Gasteiger partial charge in [-0.15, -0.1) is 5.10 Å². The van der Waals surface area contributed by atoms with Crippen LogP contribution in [0.5, 0.6) is 0 Å². The van der Waals surface area contributed by atoms with E-state index in [1.54, 1.807) is 29.7 Å². The third-order valence-corrected chi connectivity index (χ3v) is 3.17. The quantitative estimate of drug-likeness (QED) is 0.735. The highest BCUT2D eigenvalue weighted by Crippen LogP contribution is 2.08. The second-order valence-electron chi connectivity index (χ2n) is 4.01. The van der Waals surface area contributed by atoms with Crippen LogP contribution in [0.4, 0.5) is 0 Å². The van der Waals surface area contributed by atoms with Crippen molar-refractivity contribution in [3.63, 3.8) is 0 Å². The number of carbonyl (C=O) groups is 1. The fraction of sp³-hybridized carbons (Fsp3) is 0.700. The number of ketones is 1. The highest BCUT2D eigenvalue weighted by Gasteiger charge is 2.07. The summed E-state index contributed by atoms with van der Waals surface area (Å²) < 4.78 is 1.61. The van der Waals surface area contributed by atoms with E-state index in [1.807, 2.05) is 0 Å². The van der Waals surface area contributed by atoms with E-state index >= 15 is 0 Å². The molecule has 0 fully saturated rings. The first-order valence-electron chi connectivity index (χ1n) is 5.02. The monoisotopic (exact) mass is 227 g/mol. The average molecular weight is 227 g/mol. The molecule has 0 atom stereocenters. The molecule has 0 N–H and O–H groups in total. The molecule has 0 amide bonds. The van der Waals surface area contributed by atoms with Crippen LogP contribution in [0, 0.1) is 5.92 Å². The van der Waals surface area contributed by atoms with Gasteiger partial charge in [-0.25, -0.2) is 0 Å². The molecule has 0 saturated carbocycles. The molecule has 84 valence electrons. The van der Waals surface area contributed by atoms with Crippen molar-refractivity contribution in [3.05, 3.63) is 11.9 Å². The van der Waals surface area contributed by atoms with E-state index in [9.17, 15) is 4.79 Å². The van der Waals surface area contributed by atoms with E-state index in [4.69, 9.17) is 0 Å². The van der Waals surface area contributed by atoms with Crippen LogP contribution in [0.15, 0.2) is 6.20 Å². The van der Waals surface area contributed by atoms with Gasteiger partial charge in [-0.1, -0.05) is 19.1 Å². The van der Waals surface area contributed by atoms with Gasteiger partial charge in [-0.05, 0) is 11.7 Å². The van der Waals surface area contributed by atoms with Gasteiger partial charge in [0.25, 0.3) is 0 Å². The largest absolute Gasteiger partial charge is 0.298 e. The highest BCUT2D eigenvalue weighted by molar-refractivity contribution is 7.99. The molecule has 0 aliphatic carbocycles. The zero-order chi connectivity index (χ0) is 11.3. The molecule has 0 saturated heterocycles. The van der Waals surface area contributed by atoms with Crippen molar-refractivity contribution in [3.8, 4) is 0 Å². The molecule has 5 heteroatoms. The van der Waals surface area contributed by atoms with Crippen molar-refractivity contribution in [1.82, 2.24) is 15.0 Å².